The second-order valence-corrected chi connectivity index (χ2v) is 7.46. The van der Waals surface area contributed by atoms with Gasteiger partial charge < -0.3 is 10.2 Å². The number of nitrogens with one attached hydrogen (secondary N) is 1. The number of halogens is 1. The van der Waals surface area contributed by atoms with E-state index >= 15 is 0 Å². The zero-order chi connectivity index (χ0) is 20.1. The van der Waals surface area contributed by atoms with Crippen LogP contribution in [0, 0.1) is 13.8 Å². The summed E-state index contributed by atoms with van der Waals surface area (Å²) in [6, 6.07) is 11.4. The average Bonchev–Trinajstić information content (AvgIpc) is 2.59. The number of hydrogen-bond donors (Lipinski definition) is 1. The molecule has 0 saturated heterocycles. The Balaban J connectivity index is 2.18. The number of nitrogens with zero attached hydrogens (tertiary/aromatic N) is 1. The number of anilines is 2. The highest BCUT2D eigenvalue weighted by Gasteiger charge is 2.20. The summed E-state index contributed by atoms with van der Waals surface area (Å²) in [4.78, 5) is 26.5. The summed E-state index contributed by atoms with van der Waals surface area (Å²) in [6.07, 6.45) is 0.206. The minimum absolute atomic E-state index is 0.0714. The highest BCUT2D eigenvalue weighted by molar-refractivity contribution is 6.31. The molecule has 2 aromatic rings. The lowest BCUT2D eigenvalue weighted by Crippen LogP contribution is -2.33. The van der Waals surface area contributed by atoms with Gasteiger partial charge in [-0.15, -0.1) is 0 Å². The topological polar surface area (TPSA) is 49.4 Å². The standard InChI is InChI=1S/C22H27ClN2O2/c1-14(2)18-9-6-8-15(3)22(18)25(17(5)26)13-12-21(27)24-20-11-7-10-19(23)16(20)4/h6-11,14H,12-13H2,1-5H3,(H,24,27). The van der Waals surface area contributed by atoms with Crippen LogP contribution in [0.2, 0.25) is 5.02 Å². The molecule has 144 valence electrons. The average molecular weight is 387 g/mol. The molecule has 0 unspecified atom stereocenters. The Morgan fingerprint density at radius 1 is 1.11 bits per heavy atom. The minimum atomic E-state index is -0.147. The summed E-state index contributed by atoms with van der Waals surface area (Å²) in [7, 11) is 0. The van der Waals surface area contributed by atoms with E-state index in [1.807, 2.05) is 38.1 Å². The van der Waals surface area contributed by atoms with Crippen molar-refractivity contribution in [3.63, 3.8) is 0 Å². The van der Waals surface area contributed by atoms with Gasteiger partial charge in [-0.2, -0.15) is 0 Å². The molecule has 0 saturated carbocycles. The summed E-state index contributed by atoms with van der Waals surface area (Å²) >= 11 is 6.11. The van der Waals surface area contributed by atoms with E-state index in [0.29, 0.717) is 17.3 Å². The molecule has 2 rings (SSSR count). The van der Waals surface area contributed by atoms with Gasteiger partial charge in [0.2, 0.25) is 11.8 Å². The normalized spacial score (nSPS) is 10.8. The molecule has 0 atom stereocenters. The van der Waals surface area contributed by atoms with Crippen molar-refractivity contribution < 1.29 is 9.59 Å². The lowest BCUT2D eigenvalue weighted by molar-refractivity contribution is -0.117. The van der Waals surface area contributed by atoms with Gasteiger partial charge in [0.25, 0.3) is 0 Å². The Bertz CT molecular complexity index is 846. The molecule has 0 aliphatic carbocycles. The van der Waals surface area contributed by atoms with Crippen LogP contribution in [-0.2, 0) is 9.59 Å². The van der Waals surface area contributed by atoms with Crippen molar-refractivity contribution in [2.75, 3.05) is 16.8 Å². The first kappa shape index (κ1) is 21.0. The largest absolute Gasteiger partial charge is 0.326 e. The number of carbonyl (C=O) groups is 2. The number of rotatable bonds is 6. The molecule has 2 aromatic carbocycles. The van der Waals surface area contributed by atoms with E-state index < -0.39 is 0 Å². The van der Waals surface area contributed by atoms with Gasteiger partial charge in [-0.05, 0) is 48.6 Å². The Kier molecular flexibility index (Phi) is 7.03. The zero-order valence-electron chi connectivity index (χ0n) is 16.6. The molecule has 1 N–H and O–H groups in total. The molecule has 0 spiro atoms. The quantitative estimate of drug-likeness (QED) is 0.716. The summed E-state index contributed by atoms with van der Waals surface area (Å²) in [5, 5.41) is 3.50. The number of aryl methyl sites for hydroxylation is 1. The Hall–Kier alpha value is -2.33. The SMILES string of the molecule is CC(=O)N(CCC(=O)Nc1cccc(Cl)c1C)c1c(C)cccc1C(C)C. The fourth-order valence-electron chi connectivity index (χ4n) is 3.11. The molecular formula is C22H27ClN2O2. The van der Waals surface area contributed by atoms with Crippen LogP contribution >= 0.6 is 11.6 Å². The molecule has 0 bridgehead atoms. The van der Waals surface area contributed by atoms with E-state index in [1.54, 1.807) is 17.0 Å². The van der Waals surface area contributed by atoms with Crippen LogP contribution in [0.1, 0.15) is 49.8 Å². The van der Waals surface area contributed by atoms with E-state index in [1.165, 1.54) is 6.92 Å². The monoisotopic (exact) mass is 386 g/mol. The van der Waals surface area contributed by atoms with Crippen LogP contribution in [0.5, 0.6) is 0 Å². The predicted molar refractivity (Wildman–Crippen MR) is 113 cm³/mol. The van der Waals surface area contributed by atoms with Gasteiger partial charge in [0.1, 0.15) is 0 Å². The molecule has 0 radical (unpaired) electrons. The molecular weight excluding hydrogens is 360 g/mol. The lowest BCUT2D eigenvalue weighted by Gasteiger charge is -2.27. The Labute approximate surface area is 166 Å². The summed E-state index contributed by atoms with van der Waals surface area (Å²) in [6.45, 7) is 9.92. The number of carbonyl (C=O) groups excluding carboxylic acids is 2. The van der Waals surface area contributed by atoms with Crippen LogP contribution in [0.15, 0.2) is 36.4 Å². The van der Waals surface area contributed by atoms with E-state index in [0.717, 1.165) is 22.4 Å². The summed E-state index contributed by atoms with van der Waals surface area (Å²) in [5.41, 5.74) is 4.57. The van der Waals surface area contributed by atoms with Crippen molar-refractivity contribution in [2.45, 2.75) is 47.0 Å². The highest BCUT2D eigenvalue weighted by Crippen LogP contribution is 2.31. The van der Waals surface area contributed by atoms with Gasteiger partial charge in [0.05, 0.1) is 0 Å². The maximum atomic E-state index is 12.4. The first-order valence-electron chi connectivity index (χ1n) is 9.15. The smallest absolute Gasteiger partial charge is 0.226 e. The third-order valence-electron chi connectivity index (χ3n) is 4.65. The maximum absolute atomic E-state index is 12.4. The molecule has 0 heterocycles. The first-order chi connectivity index (χ1) is 12.7. The van der Waals surface area contributed by atoms with Crippen LogP contribution in [-0.4, -0.2) is 18.4 Å². The molecule has 27 heavy (non-hydrogen) atoms. The molecule has 0 aromatic heterocycles. The molecule has 0 fully saturated rings. The van der Waals surface area contributed by atoms with Crippen LogP contribution in [0.4, 0.5) is 11.4 Å². The zero-order valence-corrected chi connectivity index (χ0v) is 17.4. The van der Waals surface area contributed by atoms with Crippen LogP contribution in [0.25, 0.3) is 0 Å². The van der Waals surface area contributed by atoms with Crippen LogP contribution in [0.3, 0.4) is 0 Å². The Morgan fingerprint density at radius 2 is 1.78 bits per heavy atom. The maximum Gasteiger partial charge on any atom is 0.226 e. The Morgan fingerprint density at radius 3 is 2.41 bits per heavy atom. The van der Waals surface area contributed by atoms with Gasteiger partial charge in [-0.3, -0.25) is 9.59 Å². The van der Waals surface area contributed by atoms with Gasteiger partial charge >= 0.3 is 0 Å². The molecule has 2 amide bonds. The molecule has 5 heteroatoms. The molecule has 0 aliphatic heterocycles. The van der Waals surface area contributed by atoms with E-state index in [9.17, 15) is 9.59 Å². The highest BCUT2D eigenvalue weighted by atomic mass is 35.5. The number of amides is 2. The third-order valence-corrected chi connectivity index (χ3v) is 5.05. The van der Waals surface area contributed by atoms with Crippen molar-refractivity contribution in [1.29, 1.82) is 0 Å². The minimum Gasteiger partial charge on any atom is -0.326 e. The molecule has 4 nitrogen and oxygen atoms in total. The van der Waals surface area contributed by atoms with Crippen molar-refractivity contribution in [2.24, 2.45) is 0 Å². The summed E-state index contributed by atoms with van der Waals surface area (Å²) < 4.78 is 0. The summed E-state index contributed by atoms with van der Waals surface area (Å²) in [5.74, 6) is 0.0638. The van der Waals surface area contributed by atoms with Gasteiger partial charge in [0.15, 0.2) is 0 Å². The lowest BCUT2D eigenvalue weighted by atomic mass is 9.97. The van der Waals surface area contributed by atoms with Gasteiger partial charge in [-0.1, -0.05) is 49.7 Å². The van der Waals surface area contributed by atoms with Gasteiger partial charge in [-0.25, -0.2) is 0 Å². The van der Waals surface area contributed by atoms with E-state index in [4.69, 9.17) is 11.6 Å². The number of hydrogen-bond acceptors (Lipinski definition) is 2. The second-order valence-electron chi connectivity index (χ2n) is 7.05. The van der Waals surface area contributed by atoms with Gasteiger partial charge in [0, 0.05) is 36.3 Å². The van der Waals surface area contributed by atoms with E-state index in [2.05, 4.69) is 19.2 Å². The third kappa shape index (κ3) is 5.10. The van der Waals surface area contributed by atoms with E-state index in [-0.39, 0.29) is 24.2 Å². The number of para-hydroxylation sites is 1. The van der Waals surface area contributed by atoms with Crippen LogP contribution < -0.4 is 10.2 Å². The first-order valence-corrected chi connectivity index (χ1v) is 9.52. The molecule has 0 aliphatic rings. The second kappa shape index (κ2) is 9.05. The fraction of sp³-hybridized carbons (Fsp3) is 0.364. The predicted octanol–water partition coefficient (Wildman–Crippen LogP) is 5.46. The van der Waals surface area contributed by atoms with Crippen molar-refractivity contribution >= 4 is 34.8 Å². The number of benzene rings is 2. The van der Waals surface area contributed by atoms with Crippen molar-refractivity contribution in [3.8, 4) is 0 Å². The fourth-order valence-corrected chi connectivity index (χ4v) is 3.29. The van der Waals surface area contributed by atoms with Crippen molar-refractivity contribution in [1.82, 2.24) is 0 Å². The van der Waals surface area contributed by atoms with Crippen molar-refractivity contribution in [3.05, 3.63) is 58.1 Å².